The SMILES string of the molecule is COc1ccc(CCn2c(O)c(C(=O)C(C)Oc3ccccc3OC)c(C)c(C#N)c2=O)cc1. The minimum Gasteiger partial charge on any atom is -0.497 e. The van der Waals surface area contributed by atoms with Crippen LogP contribution in [0, 0.1) is 18.3 Å². The predicted octanol–water partition coefficient (Wildman–Crippen LogP) is 3.64. The molecule has 0 aliphatic rings. The molecule has 1 atom stereocenters. The van der Waals surface area contributed by atoms with E-state index in [1.807, 2.05) is 18.2 Å². The van der Waals surface area contributed by atoms with Gasteiger partial charge < -0.3 is 19.3 Å². The third-order valence-corrected chi connectivity index (χ3v) is 5.57. The number of para-hydroxylation sites is 2. The van der Waals surface area contributed by atoms with Gasteiger partial charge in [0.1, 0.15) is 17.4 Å². The molecule has 0 radical (unpaired) electrons. The summed E-state index contributed by atoms with van der Waals surface area (Å²) in [5.41, 5.74) is 0.0487. The second-order valence-corrected chi connectivity index (χ2v) is 7.64. The third kappa shape index (κ3) is 4.89. The fourth-order valence-corrected chi connectivity index (χ4v) is 3.65. The monoisotopic (exact) mass is 462 g/mol. The predicted molar refractivity (Wildman–Crippen MR) is 126 cm³/mol. The van der Waals surface area contributed by atoms with Gasteiger partial charge in [-0.1, -0.05) is 24.3 Å². The summed E-state index contributed by atoms with van der Waals surface area (Å²) in [7, 11) is 3.06. The Bertz CT molecular complexity index is 1290. The van der Waals surface area contributed by atoms with Crippen LogP contribution in [0.5, 0.6) is 23.1 Å². The zero-order valence-electron chi connectivity index (χ0n) is 19.5. The highest BCUT2D eigenvalue weighted by Gasteiger charge is 2.28. The second-order valence-electron chi connectivity index (χ2n) is 7.64. The molecule has 34 heavy (non-hydrogen) atoms. The Morgan fingerprint density at radius 3 is 2.32 bits per heavy atom. The maximum atomic E-state index is 13.3. The molecule has 1 unspecified atom stereocenters. The molecule has 0 spiro atoms. The summed E-state index contributed by atoms with van der Waals surface area (Å²) in [6.45, 7) is 3.08. The van der Waals surface area contributed by atoms with Crippen molar-refractivity contribution < 1.29 is 24.1 Å². The fourth-order valence-electron chi connectivity index (χ4n) is 3.65. The van der Waals surface area contributed by atoms with E-state index in [9.17, 15) is 20.0 Å². The molecule has 3 rings (SSSR count). The molecule has 0 aliphatic heterocycles. The maximum absolute atomic E-state index is 13.3. The summed E-state index contributed by atoms with van der Waals surface area (Å²) in [6, 6.07) is 16.0. The number of carbonyl (C=O) groups excluding carboxylic acids is 1. The van der Waals surface area contributed by atoms with Crippen molar-refractivity contribution >= 4 is 5.78 Å². The van der Waals surface area contributed by atoms with Crippen molar-refractivity contribution in [2.24, 2.45) is 0 Å². The lowest BCUT2D eigenvalue weighted by molar-refractivity contribution is 0.0808. The molecule has 0 saturated carbocycles. The van der Waals surface area contributed by atoms with Crippen LogP contribution in [-0.4, -0.2) is 35.8 Å². The van der Waals surface area contributed by atoms with Crippen LogP contribution in [0.3, 0.4) is 0 Å². The van der Waals surface area contributed by atoms with Gasteiger partial charge in [-0.3, -0.25) is 14.2 Å². The van der Waals surface area contributed by atoms with E-state index in [0.717, 1.165) is 10.1 Å². The number of carbonyl (C=O) groups is 1. The molecule has 0 amide bonds. The van der Waals surface area contributed by atoms with Gasteiger partial charge in [0.2, 0.25) is 11.7 Å². The quantitative estimate of drug-likeness (QED) is 0.483. The molecule has 8 heteroatoms. The van der Waals surface area contributed by atoms with Crippen LogP contribution >= 0.6 is 0 Å². The highest BCUT2D eigenvalue weighted by atomic mass is 16.5. The van der Waals surface area contributed by atoms with Crippen molar-refractivity contribution in [3.63, 3.8) is 0 Å². The highest BCUT2D eigenvalue weighted by molar-refractivity contribution is 6.03. The Labute approximate surface area is 197 Å². The van der Waals surface area contributed by atoms with Crippen LogP contribution in [0.15, 0.2) is 53.3 Å². The molecule has 1 N–H and O–H groups in total. The number of rotatable bonds is 9. The summed E-state index contributed by atoms with van der Waals surface area (Å²) in [5.74, 6) is 0.454. The molecular formula is C26H26N2O6. The first-order valence-corrected chi connectivity index (χ1v) is 10.7. The average Bonchev–Trinajstić information content (AvgIpc) is 2.84. The van der Waals surface area contributed by atoms with Gasteiger partial charge in [-0.25, -0.2) is 0 Å². The summed E-state index contributed by atoms with van der Waals surface area (Å²) in [6.07, 6.45) is -0.619. The van der Waals surface area contributed by atoms with Gasteiger partial charge in [0.05, 0.1) is 19.8 Å². The fraction of sp³-hybridized carbons (Fsp3) is 0.269. The topological polar surface area (TPSA) is 111 Å². The van der Waals surface area contributed by atoms with Crippen molar-refractivity contribution in [3.05, 3.63) is 81.1 Å². The molecule has 0 fully saturated rings. The van der Waals surface area contributed by atoms with Crippen molar-refractivity contribution in [2.75, 3.05) is 14.2 Å². The largest absolute Gasteiger partial charge is 0.497 e. The smallest absolute Gasteiger partial charge is 0.271 e. The Kier molecular flexibility index (Phi) is 7.59. The summed E-state index contributed by atoms with van der Waals surface area (Å²) < 4.78 is 17.2. The Morgan fingerprint density at radius 2 is 1.74 bits per heavy atom. The zero-order valence-corrected chi connectivity index (χ0v) is 19.5. The lowest BCUT2D eigenvalue weighted by atomic mass is 9.99. The molecule has 1 aromatic heterocycles. The third-order valence-electron chi connectivity index (χ3n) is 5.57. The molecule has 3 aromatic rings. The van der Waals surface area contributed by atoms with Crippen molar-refractivity contribution in [1.82, 2.24) is 4.57 Å². The summed E-state index contributed by atoms with van der Waals surface area (Å²) >= 11 is 0. The van der Waals surface area contributed by atoms with Gasteiger partial charge in [0, 0.05) is 6.54 Å². The van der Waals surface area contributed by atoms with E-state index in [0.29, 0.717) is 23.7 Å². The van der Waals surface area contributed by atoms with E-state index in [4.69, 9.17) is 14.2 Å². The molecule has 0 saturated heterocycles. The van der Waals surface area contributed by atoms with Crippen LogP contribution in [0.1, 0.15) is 34.0 Å². The first kappa shape index (κ1) is 24.4. The number of nitriles is 1. The summed E-state index contributed by atoms with van der Waals surface area (Å²) in [4.78, 5) is 26.2. The first-order valence-electron chi connectivity index (χ1n) is 10.7. The first-order chi connectivity index (χ1) is 16.3. The lowest BCUT2D eigenvalue weighted by Gasteiger charge is -2.19. The molecule has 8 nitrogen and oxygen atoms in total. The van der Waals surface area contributed by atoms with Gasteiger partial charge >= 0.3 is 0 Å². The van der Waals surface area contributed by atoms with E-state index >= 15 is 0 Å². The van der Waals surface area contributed by atoms with Gasteiger partial charge in [0.15, 0.2) is 17.6 Å². The molecule has 1 heterocycles. The number of ether oxygens (including phenoxy) is 3. The van der Waals surface area contributed by atoms with Crippen molar-refractivity contribution in [3.8, 4) is 29.2 Å². The molecule has 2 aromatic carbocycles. The van der Waals surface area contributed by atoms with Gasteiger partial charge in [-0.15, -0.1) is 0 Å². The number of aromatic nitrogens is 1. The minimum absolute atomic E-state index is 0.0774. The van der Waals surface area contributed by atoms with E-state index in [2.05, 4.69) is 0 Å². The van der Waals surface area contributed by atoms with Crippen LogP contribution < -0.4 is 19.8 Å². The molecular weight excluding hydrogens is 436 g/mol. The van der Waals surface area contributed by atoms with Crippen LogP contribution in [-0.2, 0) is 13.0 Å². The number of benzene rings is 2. The second kappa shape index (κ2) is 10.6. The number of hydrogen-bond acceptors (Lipinski definition) is 7. The van der Waals surface area contributed by atoms with Crippen molar-refractivity contribution in [1.29, 1.82) is 5.26 Å². The Morgan fingerprint density at radius 1 is 1.09 bits per heavy atom. The molecule has 176 valence electrons. The molecule has 0 aliphatic carbocycles. The number of hydrogen-bond donors (Lipinski definition) is 1. The number of methoxy groups -OCH3 is 2. The maximum Gasteiger partial charge on any atom is 0.271 e. The van der Waals surface area contributed by atoms with Gasteiger partial charge in [-0.05, 0) is 55.7 Å². The van der Waals surface area contributed by atoms with Gasteiger partial charge in [-0.2, -0.15) is 5.26 Å². The Balaban J connectivity index is 1.95. The minimum atomic E-state index is -1.01. The number of ketones is 1. The lowest BCUT2D eigenvalue weighted by Crippen LogP contribution is -2.31. The van der Waals surface area contributed by atoms with Crippen molar-refractivity contribution in [2.45, 2.75) is 32.9 Å². The number of Topliss-reactive ketones (excluding diaryl/α,β-unsaturated/α-hetero) is 1. The number of aromatic hydroxyl groups is 1. The normalized spacial score (nSPS) is 11.4. The average molecular weight is 463 g/mol. The number of aryl methyl sites for hydroxylation is 1. The van der Waals surface area contributed by atoms with E-state index < -0.39 is 23.3 Å². The standard InChI is InChI=1S/C26H26N2O6/c1-16-20(15-27)25(30)28(14-13-18-9-11-19(32-3)12-10-18)26(31)23(16)24(29)17(2)34-22-8-6-5-7-21(22)33-4/h5-12,17,31H,13-14H2,1-4H3. The van der Waals surface area contributed by atoms with Crippen LogP contribution in [0.25, 0.3) is 0 Å². The van der Waals surface area contributed by atoms with E-state index in [1.165, 1.54) is 21.0 Å². The molecule has 0 bridgehead atoms. The Hall–Kier alpha value is -4.25. The van der Waals surface area contributed by atoms with Crippen LogP contribution in [0.2, 0.25) is 0 Å². The summed E-state index contributed by atoms with van der Waals surface area (Å²) in [5, 5.41) is 20.5. The van der Waals surface area contributed by atoms with Crippen LogP contribution in [0.4, 0.5) is 0 Å². The van der Waals surface area contributed by atoms with E-state index in [1.54, 1.807) is 43.5 Å². The zero-order chi connectivity index (χ0) is 24.8. The van der Waals surface area contributed by atoms with Gasteiger partial charge in [0.25, 0.3) is 5.56 Å². The number of pyridine rings is 1. The highest BCUT2D eigenvalue weighted by Crippen LogP contribution is 2.29. The number of nitrogens with zero attached hydrogens (tertiary/aromatic N) is 2. The van der Waals surface area contributed by atoms with E-state index in [-0.39, 0.29) is 23.2 Å².